The molecule has 0 bridgehead atoms. The molecule has 0 saturated heterocycles. The number of nitrogens with two attached hydrogens (primary N) is 1. The smallest absolute Gasteiger partial charge is 0.304 e. The first kappa shape index (κ1) is 12.4. The van der Waals surface area contributed by atoms with Crippen molar-refractivity contribution in [2.75, 3.05) is 0 Å². The Balaban J connectivity index is 3.57. The summed E-state index contributed by atoms with van der Waals surface area (Å²) in [4.78, 5) is 10.3. The van der Waals surface area contributed by atoms with Crippen LogP contribution in [0, 0.1) is 11.8 Å². The Morgan fingerprint density at radius 1 is 1.31 bits per heavy atom. The van der Waals surface area contributed by atoms with E-state index < -0.39 is 5.97 Å². The first-order valence-electron chi connectivity index (χ1n) is 4.90. The molecule has 2 atom stereocenters. The van der Waals surface area contributed by atoms with Gasteiger partial charge in [0.25, 0.3) is 0 Å². The van der Waals surface area contributed by atoms with Gasteiger partial charge in [-0.25, -0.2) is 0 Å². The fourth-order valence-corrected chi connectivity index (χ4v) is 1.14. The predicted octanol–water partition coefficient (Wildman–Crippen LogP) is 1.86. The van der Waals surface area contributed by atoms with Crippen molar-refractivity contribution in [1.29, 1.82) is 0 Å². The maximum Gasteiger partial charge on any atom is 0.304 e. The Morgan fingerprint density at radius 3 is 2.23 bits per heavy atom. The third-order valence-corrected chi connectivity index (χ3v) is 2.57. The molecule has 0 heterocycles. The summed E-state index contributed by atoms with van der Waals surface area (Å²) in [5, 5.41) is 8.48. The Morgan fingerprint density at radius 2 is 1.85 bits per heavy atom. The van der Waals surface area contributed by atoms with E-state index in [0.717, 1.165) is 12.8 Å². The average Bonchev–Trinajstić information content (AvgIpc) is 1.98. The predicted molar refractivity (Wildman–Crippen MR) is 53.5 cm³/mol. The van der Waals surface area contributed by atoms with Gasteiger partial charge < -0.3 is 10.8 Å². The van der Waals surface area contributed by atoms with Crippen LogP contribution in [0.5, 0.6) is 0 Å². The number of carboxylic acid groups (broad SMARTS) is 1. The molecule has 0 spiro atoms. The van der Waals surface area contributed by atoms with Crippen LogP contribution in [0.25, 0.3) is 0 Å². The molecule has 0 aliphatic heterocycles. The largest absolute Gasteiger partial charge is 0.481 e. The van der Waals surface area contributed by atoms with Crippen LogP contribution in [-0.2, 0) is 4.79 Å². The van der Waals surface area contributed by atoms with Crippen molar-refractivity contribution < 1.29 is 9.90 Å². The van der Waals surface area contributed by atoms with Crippen LogP contribution in [0.1, 0.15) is 40.0 Å². The summed E-state index contributed by atoms with van der Waals surface area (Å²) in [5.41, 5.74) is 5.64. The molecule has 78 valence electrons. The van der Waals surface area contributed by atoms with Gasteiger partial charge in [0.05, 0.1) is 6.42 Å². The van der Waals surface area contributed by atoms with E-state index in [4.69, 9.17) is 10.8 Å². The van der Waals surface area contributed by atoms with Crippen LogP contribution in [0.3, 0.4) is 0 Å². The quantitative estimate of drug-likeness (QED) is 0.667. The van der Waals surface area contributed by atoms with Crippen LogP contribution in [-0.4, -0.2) is 17.1 Å². The molecule has 0 aliphatic rings. The molecule has 13 heavy (non-hydrogen) atoms. The van der Waals surface area contributed by atoms with Crippen molar-refractivity contribution in [2.45, 2.75) is 46.1 Å². The zero-order valence-electron chi connectivity index (χ0n) is 8.79. The van der Waals surface area contributed by atoms with Crippen LogP contribution in [0.15, 0.2) is 0 Å². The maximum atomic E-state index is 10.3. The van der Waals surface area contributed by atoms with E-state index in [1.807, 2.05) is 0 Å². The molecule has 0 unspecified atom stereocenters. The molecule has 0 radical (unpaired) electrons. The molecule has 0 fully saturated rings. The minimum atomic E-state index is -0.801. The van der Waals surface area contributed by atoms with Gasteiger partial charge in [0.1, 0.15) is 0 Å². The lowest BCUT2D eigenvalue weighted by Gasteiger charge is -2.17. The summed E-state index contributed by atoms with van der Waals surface area (Å²) in [6.45, 7) is 6.53. The standard InChI is InChI=1S/C10H21NO2/c1-7(2)8(3)4-5-9(11)6-10(12)13/h7-9H,4-6,11H2,1-3H3,(H,12,13)/t8-,9-/m0/s1. The number of carbonyl (C=O) groups is 1. The number of aliphatic carboxylic acids is 1. The maximum absolute atomic E-state index is 10.3. The van der Waals surface area contributed by atoms with E-state index in [9.17, 15) is 4.79 Å². The van der Waals surface area contributed by atoms with Gasteiger partial charge in [-0.2, -0.15) is 0 Å². The molecule has 3 N–H and O–H groups in total. The summed E-state index contributed by atoms with van der Waals surface area (Å²) in [6.07, 6.45) is 1.92. The molecule has 0 saturated carbocycles. The molecule has 0 aromatic rings. The highest BCUT2D eigenvalue weighted by atomic mass is 16.4. The number of hydrogen-bond donors (Lipinski definition) is 2. The minimum Gasteiger partial charge on any atom is -0.481 e. The van der Waals surface area contributed by atoms with Crippen LogP contribution in [0.2, 0.25) is 0 Å². The second-order valence-electron chi connectivity index (χ2n) is 4.16. The highest BCUT2D eigenvalue weighted by molar-refractivity contribution is 5.67. The van der Waals surface area contributed by atoms with Crippen LogP contribution >= 0.6 is 0 Å². The second-order valence-corrected chi connectivity index (χ2v) is 4.16. The zero-order valence-corrected chi connectivity index (χ0v) is 8.79. The summed E-state index contributed by atoms with van der Waals surface area (Å²) < 4.78 is 0. The molecule has 3 nitrogen and oxygen atoms in total. The van der Waals surface area contributed by atoms with E-state index >= 15 is 0 Å². The highest BCUT2D eigenvalue weighted by Crippen LogP contribution is 2.17. The number of carboxylic acids is 1. The van der Waals surface area contributed by atoms with Gasteiger partial charge in [0, 0.05) is 6.04 Å². The number of rotatable bonds is 6. The molecule has 0 aromatic carbocycles. The molecule has 0 aromatic heterocycles. The Kier molecular flexibility index (Phi) is 5.71. The first-order valence-corrected chi connectivity index (χ1v) is 4.90. The SMILES string of the molecule is CC(C)[C@@H](C)CC[C@H](N)CC(=O)O. The monoisotopic (exact) mass is 187 g/mol. The van der Waals surface area contributed by atoms with Gasteiger partial charge in [0.15, 0.2) is 0 Å². The lowest BCUT2D eigenvalue weighted by Crippen LogP contribution is -2.24. The van der Waals surface area contributed by atoms with Crippen molar-refractivity contribution in [2.24, 2.45) is 17.6 Å². The highest BCUT2D eigenvalue weighted by Gasteiger charge is 2.12. The van der Waals surface area contributed by atoms with E-state index in [2.05, 4.69) is 20.8 Å². The van der Waals surface area contributed by atoms with Crippen molar-refractivity contribution in [3.8, 4) is 0 Å². The van der Waals surface area contributed by atoms with E-state index in [1.165, 1.54) is 0 Å². The topological polar surface area (TPSA) is 63.3 Å². The van der Waals surface area contributed by atoms with Gasteiger partial charge in [-0.3, -0.25) is 4.79 Å². The van der Waals surface area contributed by atoms with Crippen molar-refractivity contribution in [3.05, 3.63) is 0 Å². The zero-order chi connectivity index (χ0) is 10.4. The Hall–Kier alpha value is -0.570. The Labute approximate surface area is 80.3 Å². The molecular formula is C10H21NO2. The van der Waals surface area contributed by atoms with E-state index in [0.29, 0.717) is 11.8 Å². The van der Waals surface area contributed by atoms with Crippen LogP contribution in [0.4, 0.5) is 0 Å². The normalized spacial score (nSPS) is 15.8. The second kappa shape index (κ2) is 5.97. The summed E-state index contributed by atoms with van der Waals surface area (Å²) in [5.74, 6) is 0.474. The number of hydrogen-bond acceptors (Lipinski definition) is 2. The fraction of sp³-hybridized carbons (Fsp3) is 0.900. The molecule has 3 heteroatoms. The first-order chi connectivity index (χ1) is 5.93. The molecule has 0 aliphatic carbocycles. The Bertz CT molecular complexity index is 157. The fourth-order valence-electron chi connectivity index (χ4n) is 1.14. The lowest BCUT2D eigenvalue weighted by atomic mass is 9.91. The third kappa shape index (κ3) is 6.58. The van der Waals surface area contributed by atoms with Gasteiger partial charge in [0.2, 0.25) is 0 Å². The van der Waals surface area contributed by atoms with E-state index in [1.54, 1.807) is 0 Å². The van der Waals surface area contributed by atoms with Gasteiger partial charge >= 0.3 is 5.97 Å². The van der Waals surface area contributed by atoms with Gasteiger partial charge in [-0.15, -0.1) is 0 Å². The van der Waals surface area contributed by atoms with Gasteiger partial charge in [-0.05, 0) is 24.7 Å². The molecule has 0 amide bonds. The third-order valence-electron chi connectivity index (χ3n) is 2.57. The van der Waals surface area contributed by atoms with Crippen molar-refractivity contribution in [3.63, 3.8) is 0 Å². The molecular weight excluding hydrogens is 166 g/mol. The summed E-state index contributed by atoms with van der Waals surface area (Å²) in [7, 11) is 0. The summed E-state index contributed by atoms with van der Waals surface area (Å²) >= 11 is 0. The van der Waals surface area contributed by atoms with E-state index in [-0.39, 0.29) is 12.5 Å². The van der Waals surface area contributed by atoms with Crippen LogP contribution < -0.4 is 5.73 Å². The summed E-state index contributed by atoms with van der Waals surface area (Å²) in [6, 6.07) is -0.182. The van der Waals surface area contributed by atoms with Crippen molar-refractivity contribution >= 4 is 5.97 Å². The lowest BCUT2D eigenvalue weighted by molar-refractivity contribution is -0.137. The minimum absolute atomic E-state index is 0.0881. The van der Waals surface area contributed by atoms with Crippen molar-refractivity contribution in [1.82, 2.24) is 0 Å². The average molecular weight is 187 g/mol. The van der Waals surface area contributed by atoms with Gasteiger partial charge in [-0.1, -0.05) is 20.8 Å². The molecule has 0 rings (SSSR count).